The topological polar surface area (TPSA) is 63.3 Å². The second-order valence-electron chi connectivity index (χ2n) is 5.09. The third-order valence-electron chi connectivity index (χ3n) is 3.93. The molecule has 0 saturated heterocycles. The van der Waals surface area contributed by atoms with Crippen LogP contribution in [0.4, 0.5) is 0 Å². The van der Waals surface area contributed by atoms with Crippen molar-refractivity contribution in [3.05, 3.63) is 35.4 Å². The third kappa shape index (κ3) is 1.21. The second kappa shape index (κ2) is 2.86. The molecule has 0 amide bonds. The third-order valence-corrected chi connectivity index (χ3v) is 3.93. The maximum Gasteiger partial charge on any atom is 0.314 e. The summed E-state index contributed by atoms with van der Waals surface area (Å²) in [4.78, 5) is 11.3. The molecule has 0 heterocycles. The molecule has 1 aromatic carbocycles. The van der Waals surface area contributed by atoms with Gasteiger partial charge < -0.3 is 10.8 Å². The van der Waals surface area contributed by atoms with Gasteiger partial charge in [0.2, 0.25) is 0 Å². The molecule has 3 heteroatoms. The Balaban J connectivity index is 2.11. The van der Waals surface area contributed by atoms with Crippen LogP contribution in [0.1, 0.15) is 36.8 Å². The molecule has 0 aromatic heterocycles. The van der Waals surface area contributed by atoms with Crippen molar-refractivity contribution in [1.29, 1.82) is 0 Å². The highest BCUT2D eigenvalue weighted by Crippen LogP contribution is 2.54. The van der Waals surface area contributed by atoms with E-state index in [-0.39, 0.29) is 5.54 Å². The zero-order valence-corrected chi connectivity index (χ0v) is 9.07. The Bertz CT molecular complexity index is 459. The highest BCUT2D eigenvalue weighted by atomic mass is 16.4. The molecule has 3 rings (SSSR count). The first-order valence-corrected chi connectivity index (χ1v) is 5.71. The first kappa shape index (κ1) is 9.85. The Kier molecular flexibility index (Phi) is 1.76. The van der Waals surface area contributed by atoms with Crippen LogP contribution in [-0.4, -0.2) is 11.1 Å². The average Bonchev–Trinajstić information content (AvgIpc) is 3.13. The minimum absolute atomic E-state index is 0.248. The summed E-state index contributed by atoms with van der Waals surface area (Å²) in [6.45, 7) is 0. The van der Waals surface area contributed by atoms with E-state index in [9.17, 15) is 9.90 Å². The molecule has 0 bridgehead atoms. The lowest BCUT2D eigenvalue weighted by Crippen LogP contribution is -2.27. The molecule has 0 radical (unpaired) electrons. The lowest BCUT2D eigenvalue weighted by molar-refractivity contribution is -0.140. The molecular formula is C13H15NO2. The van der Waals surface area contributed by atoms with Crippen LogP contribution in [0.3, 0.4) is 0 Å². The number of carboxylic acids is 1. The standard InChI is InChI=1S/C13H15NO2/c14-13(7-8-13)10-4-2-1-3-9(10)12(5-6-12)11(15)16/h1-4H,5-8,14H2,(H,15,16). The molecule has 84 valence electrons. The van der Waals surface area contributed by atoms with Gasteiger partial charge in [-0.3, -0.25) is 4.79 Å². The van der Waals surface area contributed by atoms with Gasteiger partial charge in [0.1, 0.15) is 0 Å². The van der Waals surface area contributed by atoms with Crippen LogP contribution in [0.5, 0.6) is 0 Å². The van der Waals surface area contributed by atoms with Gasteiger partial charge in [-0.15, -0.1) is 0 Å². The van der Waals surface area contributed by atoms with E-state index in [1.54, 1.807) is 0 Å². The fraction of sp³-hybridized carbons (Fsp3) is 0.462. The number of nitrogens with two attached hydrogens (primary N) is 1. The van der Waals surface area contributed by atoms with Crippen LogP contribution in [-0.2, 0) is 15.7 Å². The van der Waals surface area contributed by atoms with E-state index in [1.807, 2.05) is 24.3 Å². The van der Waals surface area contributed by atoms with E-state index in [4.69, 9.17) is 5.73 Å². The van der Waals surface area contributed by atoms with Crippen LogP contribution < -0.4 is 5.73 Å². The van der Waals surface area contributed by atoms with Gasteiger partial charge in [0, 0.05) is 5.54 Å². The molecular weight excluding hydrogens is 202 g/mol. The Morgan fingerprint density at radius 1 is 1.12 bits per heavy atom. The zero-order chi connectivity index (χ0) is 11.4. The van der Waals surface area contributed by atoms with Crippen LogP contribution in [0.15, 0.2) is 24.3 Å². The summed E-state index contributed by atoms with van der Waals surface area (Å²) < 4.78 is 0. The first-order chi connectivity index (χ1) is 7.58. The Labute approximate surface area is 94.3 Å². The molecule has 2 aliphatic carbocycles. The number of carbonyl (C=O) groups is 1. The van der Waals surface area contributed by atoms with Crippen molar-refractivity contribution < 1.29 is 9.90 Å². The highest BCUT2D eigenvalue weighted by Gasteiger charge is 2.55. The quantitative estimate of drug-likeness (QED) is 0.810. The number of aliphatic carboxylic acids is 1. The fourth-order valence-electron chi connectivity index (χ4n) is 2.46. The number of benzene rings is 1. The monoisotopic (exact) mass is 217 g/mol. The number of rotatable bonds is 3. The predicted octanol–water partition coefficient (Wildman–Crippen LogP) is 1.75. The summed E-state index contributed by atoms with van der Waals surface area (Å²) in [5, 5.41) is 9.33. The molecule has 1 aromatic rings. The van der Waals surface area contributed by atoms with Crippen molar-refractivity contribution in [2.45, 2.75) is 36.6 Å². The smallest absolute Gasteiger partial charge is 0.314 e. The minimum Gasteiger partial charge on any atom is -0.481 e. The van der Waals surface area contributed by atoms with Crippen molar-refractivity contribution in [2.24, 2.45) is 5.73 Å². The number of hydrogen-bond acceptors (Lipinski definition) is 2. The van der Waals surface area contributed by atoms with E-state index in [2.05, 4.69) is 0 Å². The highest BCUT2D eigenvalue weighted by molar-refractivity contribution is 5.85. The van der Waals surface area contributed by atoms with Crippen LogP contribution >= 0.6 is 0 Å². The lowest BCUT2D eigenvalue weighted by Gasteiger charge is -2.19. The van der Waals surface area contributed by atoms with Gasteiger partial charge in [-0.05, 0) is 36.8 Å². The first-order valence-electron chi connectivity index (χ1n) is 5.71. The molecule has 2 aliphatic rings. The van der Waals surface area contributed by atoms with E-state index >= 15 is 0 Å². The van der Waals surface area contributed by atoms with Crippen LogP contribution in [0.2, 0.25) is 0 Å². The second-order valence-corrected chi connectivity index (χ2v) is 5.09. The van der Waals surface area contributed by atoms with Crippen molar-refractivity contribution >= 4 is 5.97 Å². The molecule has 16 heavy (non-hydrogen) atoms. The summed E-state index contributed by atoms with van der Waals surface area (Å²) in [6, 6.07) is 7.78. The molecule has 2 fully saturated rings. The SMILES string of the molecule is NC1(c2ccccc2C2(C(=O)O)CC2)CC1. The van der Waals surface area contributed by atoms with Crippen molar-refractivity contribution in [2.75, 3.05) is 0 Å². The minimum atomic E-state index is -0.704. The van der Waals surface area contributed by atoms with E-state index in [1.165, 1.54) is 0 Å². The lowest BCUT2D eigenvalue weighted by atomic mass is 9.87. The Morgan fingerprint density at radius 3 is 2.12 bits per heavy atom. The average molecular weight is 217 g/mol. The predicted molar refractivity (Wildman–Crippen MR) is 60.1 cm³/mol. The molecule has 3 N–H and O–H groups in total. The Morgan fingerprint density at radius 2 is 1.69 bits per heavy atom. The summed E-state index contributed by atoms with van der Waals surface area (Å²) in [6.07, 6.45) is 3.43. The molecule has 0 spiro atoms. The molecule has 0 aliphatic heterocycles. The molecule has 3 nitrogen and oxygen atoms in total. The van der Waals surface area contributed by atoms with Gasteiger partial charge in [0.15, 0.2) is 0 Å². The van der Waals surface area contributed by atoms with E-state index in [0.29, 0.717) is 0 Å². The summed E-state index contributed by atoms with van der Waals surface area (Å²) >= 11 is 0. The molecule has 0 unspecified atom stereocenters. The Hall–Kier alpha value is -1.35. The van der Waals surface area contributed by atoms with Gasteiger partial charge in [0.25, 0.3) is 0 Å². The summed E-state index contributed by atoms with van der Waals surface area (Å²) in [5.74, 6) is -0.704. The number of carboxylic acid groups (broad SMARTS) is 1. The molecule has 2 saturated carbocycles. The molecule has 0 atom stereocenters. The number of hydrogen-bond donors (Lipinski definition) is 2. The maximum absolute atomic E-state index is 11.3. The summed E-state index contributed by atoms with van der Waals surface area (Å²) in [5.41, 5.74) is 7.32. The van der Waals surface area contributed by atoms with Crippen molar-refractivity contribution in [1.82, 2.24) is 0 Å². The van der Waals surface area contributed by atoms with Gasteiger partial charge in [-0.1, -0.05) is 24.3 Å². The largest absolute Gasteiger partial charge is 0.481 e. The fourth-order valence-corrected chi connectivity index (χ4v) is 2.46. The van der Waals surface area contributed by atoms with Gasteiger partial charge >= 0.3 is 5.97 Å². The van der Waals surface area contributed by atoms with Crippen molar-refractivity contribution in [3.8, 4) is 0 Å². The van der Waals surface area contributed by atoms with Gasteiger partial charge in [0.05, 0.1) is 5.41 Å². The zero-order valence-electron chi connectivity index (χ0n) is 9.07. The van der Waals surface area contributed by atoms with Gasteiger partial charge in [-0.25, -0.2) is 0 Å². The van der Waals surface area contributed by atoms with Crippen molar-refractivity contribution in [3.63, 3.8) is 0 Å². The van der Waals surface area contributed by atoms with Crippen LogP contribution in [0, 0.1) is 0 Å². The van der Waals surface area contributed by atoms with E-state index < -0.39 is 11.4 Å². The normalized spacial score (nSPS) is 23.8. The summed E-state index contributed by atoms with van der Waals surface area (Å²) in [7, 11) is 0. The van der Waals surface area contributed by atoms with Crippen LogP contribution in [0.25, 0.3) is 0 Å². The van der Waals surface area contributed by atoms with E-state index in [0.717, 1.165) is 36.8 Å². The maximum atomic E-state index is 11.3. The van der Waals surface area contributed by atoms with Gasteiger partial charge in [-0.2, -0.15) is 0 Å².